The number of nitrogens with two attached hydrogens (primary N) is 1. The number of sulfonamides is 1. The van der Waals surface area contributed by atoms with Crippen LogP contribution in [0.3, 0.4) is 0 Å². The predicted molar refractivity (Wildman–Crippen MR) is 181 cm³/mol. The Balaban J connectivity index is 1.11. The van der Waals surface area contributed by atoms with Crippen LogP contribution in [0.5, 0.6) is 5.75 Å². The number of anilines is 2. The number of nitrogens with one attached hydrogen (secondary N) is 2. The third-order valence-corrected chi connectivity index (χ3v) is 13.7. The van der Waals surface area contributed by atoms with E-state index < -0.39 is 46.1 Å². The van der Waals surface area contributed by atoms with Crippen LogP contribution < -0.4 is 25.0 Å². The lowest BCUT2D eigenvalue weighted by Gasteiger charge is -2.43. The molecule has 1 saturated heterocycles. The van der Waals surface area contributed by atoms with Gasteiger partial charge in [-0.25, -0.2) is 17.9 Å². The molecule has 252 valence electrons. The Bertz CT molecular complexity index is 2210. The molecule has 3 heterocycles. The highest BCUT2D eigenvalue weighted by Gasteiger charge is 2.69. The third kappa shape index (κ3) is 5.38. The second-order valence-electron chi connectivity index (χ2n) is 12.5. The number of thioether (sulfide) groups is 1. The first-order chi connectivity index (χ1) is 23.4. The molecule has 4 aliphatic rings. The maximum atomic E-state index is 14.0. The van der Waals surface area contributed by atoms with Gasteiger partial charge in [0.25, 0.3) is 5.91 Å². The summed E-state index contributed by atoms with van der Waals surface area (Å²) in [5, 5.41) is 8.83. The Morgan fingerprint density at radius 2 is 1.71 bits per heavy atom. The van der Waals surface area contributed by atoms with Crippen molar-refractivity contribution in [1.29, 1.82) is 0 Å². The van der Waals surface area contributed by atoms with E-state index in [1.807, 2.05) is 0 Å². The molecule has 11 nitrogen and oxygen atoms in total. The van der Waals surface area contributed by atoms with E-state index in [9.17, 15) is 32.0 Å². The van der Waals surface area contributed by atoms with Gasteiger partial charge in [-0.15, -0.1) is 11.8 Å². The number of amides is 3. The lowest BCUT2D eigenvalue weighted by Crippen LogP contribution is -2.42. The van der Waals surface area contributed by atoms with Crippen molar-refractivity contribution in [2.45, 2.75) is 27.5 Å². The number of rotatable bonds is 7. The molecule has 2 bridgehead atoms. The highest BCUT2D eigenvalue weighted by Crippen LogP contribution is 2.69. The number of halogens is 2. The molecule has 1 aromatic heterocycles. The summed E-state index contributed by atoms with van der Waals surface area (Å²) in [4.78, 5) is 58.1. The average molecular weight is 741 g/mol. The van der Waals surface area contributed by atoms with Gasteiger partial charge in [0, 0.05) is 32.3 Å². The van der Waals surface area contributed by atoms with Crippen LogP contribution in [0.2, 0.25) is 5.02 Å². The first-order valence-corrected chi connectivity index (χ1v) is 18.9. The van der Waals surface area contributed by atoms with Gasteiger partial charge in [-0.3, -0.25) is 24.1 Å². The summed E-state index contributed by atoms with van der Waals surface area (Å²) < 4.78 is 42.9. The number of aromatic nitrogens is 1. The quantitative estimate of drug-likeness (QED) is 0.232. The van der Waals surface area contributed by atoms with Crippen LogP contribution in [0.25, 0.3) is 0 Å². The van der Waals surface area contributed by atoms with E-state index in [1.54, 1.807) is 18.2 Å². The number of carbonyl (C=O) groups is 3. The van der Waals surface area contributed by atoms with Crippen LogP contribution in [-0.2, 0) is 24.4 Å². The minimum Gasteiger partial charge on any atom is -0.483 e. The highest BCUT2D eigenvalue weighted by atomic mass is 35.5. The molecule has 8 rings (SSSR count). The number of H-pyrrole nitrogens is 1. The van der Waals surface area contributed by atoms with Crippen molar-refractivity contribution in [1.82, 2.24) is 4.98 Å². The number of benzene rings is 3. The molecule has 0 radical (unpaired) electrons. The minimum atomic E-state index is -3.89. The molecule has 4 aromatic rings. The fourth-order valence-corrected chi connectivity index (χ4v) is 11.7. The SMILES string of the molecule is NS(=O)(=O)c1ccc(NC(=O)COc2ccc(Cl)cc2[C@H]2c3sc(=O)[nH]c3SC3C4CC(C5C(=O)N(c6ccc(F)cc6)C(=O)C45)C32)cc1. The first-order valence-electron chi connectivity index (χ1n) is 15.3. The van der Waals surface area contributed by atoms with Gasteiger partial charge in [0.05, 0.1) is 27.4 Å². The molecule has 3 aromatic carbocycles. The number of hydrogen-bond acceptors (Lipinski definition) is 9. The number of fused-ring (bicyclic) bond motifs is 9. The zero-order valence-electron chi connectivity index (χ0n) is 25.2. The van der Waals surface area contributed by atoms with Gasteiger partial charge < -0.3 is 15.0 Å². The van der Waals surface area contributed by atoms with Gasteiger partial charge in [0.15, 0.2) is 6.61 Å². The van der Waals surface area contributed by atoms with Crippen LogP contribution >= 0.6 is 34.7 Å². The largest absolute Gasteiger partial charge is 0.483 e. The molecule has 2 saturated carbocycles. The number of primary sulfonamides is 1. The van der Waals surface area contributed by atoms with Crippen molar-refractivity contribution < 1.29 is 31.9 Å². The molecule has 0 spiro atoms. The van der Waals surface area contributed by atoms with E-state index in [-0.39, 0.29) is 44.6 Å². The Morgan fingerprint density at radius 3 is 2.41 bits per heavy atom. The molecule has 2 aliphatic heterocycles. The zero-order valence-corrected chi connectivity index (χ0v) is 28.4. The Labute approximate surface area is 292 Å². The van der Waals surface area contributed by atoms with Gasteiger partial charge in [-0.1, -0.05) is 22.9 Å². The lowest BCUT2D eigenvalue weighted by molar-refractivity contribution is -0.123. The molecule has 3 fully saturated rings. The number of thiazole rings is 1. The molecule has 49 heavy (non-hydrogen) atoms. The van der Waals surface area contributed by atoms with Crippen molar-refractivity contribution in [3.05, 3.63) is 97.7 Å². The number of carbonyl (C=O) groups excluding carboxylic acids is 3. The summed E-state index contributed by atoms with van der Waals surface area (Å²) in [6.45, 7) is -0.395. The molecular weight excluding hydrogens is 715 g/mol. The maximum Gasteiger partial charge on any atom is 0.305 e. The van der Waals surface area contributed by atoms with E-state index in [1.165, 1.54) is 65.2 Å². The maximum absolute atomic E-state index is 14.0. The summed E-state index contributed by atoms with van der Waals surface area (Å²) in [5.74, 6) is -3.21. The normalized spacial score (nSPS) is 26.8. The average Bonchev–Trinajstić information content (AvgIpc) is 3.79. The molecule has 4 N–H and O–H groups in total. The van der Waals surface area contributed by atoms with Gasteiger partial charge in [-0.2, -0.15) is 0 Å². The second kappa shape index (κ2) is 11.8. The van der Waals surface area contributed by atoms with Crippen LogP contribution in [0.4, 0.5) is 15.8 Å². The molecule has 7 atom stereocenters. The lowest BCUT2D eigenvalue weighted by atomic mass is 9.68. The van der Waals surface area contributed by atoms with Crippen LogP contribution in [0, 0.1) is 35.4 Å². The fraction of sp³-hybridized carbons (Fsp3) is 0.273. The summed E-state index contributed by atoms with van der Waals surface area (Å²) in [6.07, 6.45) is 0.658. The van der Waals surface area contributed by atoms with Gasteiger partial charge >= 0.3 is 4.87 Å². The topological polar surface area (TPSA) is 169 Å². The van der Waals surface area contributed by atoms with E-state index in [0.717, 1.165) is 16.2 Å². The summed E-state index contributed by atoms with van der Waals surface area (Å²) in [7, 11) is -3.89. The standard InChI is InChI=1S/C33H26ClFN4O7S3/c34-14-1-10-22(46-13-23(40)37-16-4-8-18(9-5-16)49(36,44)45)19(11-14)24-25-20-12-21(28(25)47-30-29(24)48-33(43)38-30)27-26(20)31(41)39(32(27)42)17-6-2-15(35)3-7-17/h1-11,20-21,24-28H,12-13H2,(H,37,40)(H,38,43)(H2,36,44,45)/t20?,21?,24-,25?,26?,27?,28?/m1/s1. The molecule has 6 unspecified atom stereocenters. The minimum absolute atomic E-state index is 0.0956. The third-order valence-electron chi connectivity index (χ3n) is 9.94. The van der Waals surface area contributed by atoms with Crippen molar-refractivity contribution in [3.8, 4) is 5.75 Å². The van der Waals surface area contributed by atoms with Crippen molar-refractivity contribution in [2.75, 3.05) is 16.8 Å². The first kappa shape index (κ1) is 32.2. The van der Waals surface area contributed by atoms with Gasteiger partial charge in [-0.05, 0) is 90.9 Å². The number of nitrogens with zero attached hydrogens (tertiary/aromatic N) is 1. The molecule has 16 heteroatoms. The molecule has 2 aliphatic carbocycles. The summed E-state index contributed by atoms with van der Waals surface area (Å²) in [6, 6.07) is 15.8. The van der Waals surface area contributed by atoms with Crippen molar-refractivity contribution in [2.24, 2.45) is 34.7 Å². The van der Waals surface area contributed by atoms with Crippen molar-refractivity contribution >= 4 is 73.8 Å². The zero-order chi connectivity index (χ0) is 34.4. The second-order valence-corrected chi connectivity index (χ2v) is 16.7. The Kier molecular flexibility index (Phi) is 7.75. The Hall–Kier alpha value is -4.02. The number of imide groups is 1. The predicted octanol–water partition coefficient (Wildman–Crippen LogP) is 4.57. The molecular formula is C33H26ClFN4O7S3. The van der Waals surface area contributed by atoms with Crippen LogP contribution in [0.1, 0.15) is 22.8 Å². The van der Waals surface area contributed by atoms with E-state index >= 15 is 0 Å². The monoisotopic (exact) mass is 740 g/mol. The molecule has 3 amide bonds. The van der Waals surface area contributed by atoms with E-state index in [0.29, 0.717) is 39.2 Å². The van der Waals surface area contributed by atoms with E-state index in [2.05, 4.69) is 10.3 Å². The van der Waals surface area contributed by atoms with Gasteiger partial charge in [0.1, 0.15) is 11.6 Å². The summed E-state index contributed by atoms with van der Waals surface area (Å²) in [5.41, 5.74) is 1.33. The van der Waals surface area contributed by atoms with Crippen LogP contribution in [0.15, 0.2) is 81.4 Å². The Morgan fingerprint density at radius 1 is 1.02 bits per heavy atom. The number of ether oxygens (including phenoxy) is 1. The highest BCUT2D eigenvalue weighted by molar-refractivity contribution is 8.00. The number of aromatic amines is 1. The fourth-order valence-electron chi connectivity index (χ4n) is 8.17. The smallest absolute Gasteiger partial charge is 0.305 e. The van der Waals surface area contributed by atoms with E-state index in [4.69, 9.17) is 21.5 Å². The number of hydrogen-bond donors (Lipinski definition) is 3. The van der Waals surface area contributed by atoms with Crippen molar-refractivity contribution in [3.63, 3.8) is 0 Å². The van der Waals surface area contributed by atoms with Crippen LogP contribution in [-0.4, -0.2) is 43.0 Å². The summed E-state index contributed by atoms with van der Waals surface area (Å²) >= 11 is 9.16. The van der Waals surface area contributed by atoms with Gasteiger partial charge in [0.2, 0.25) is 21.8 Å².